The number of carbonyl (C=O) groups is 2. The molecule has 4 heterocycles. The molecule has 2 aromatic heterocycles. The molecule has 7 nitrogen and oxygen atoms in total. The van der Waals surface area contributed by atoms with Crippen molar-refractivity contribution in [2.45, 2.75) is 12.8 Å². The van der Waals surface area contributed by atoms with Gasteiger partial charge in [-0.05, 0) is 23.6 Å². The molecule has 4 rings (SSSR count). The van der Waals surface area contributed by atoms with Gasteiger partial charge in [-0.25, -0.2) is 4.79 Å². The minimum absolute atomic E-state index is 0.0816. The molecule has 11 heteroatoms. The Morgan fingerprint density at radius 1 is 1.32 bits per heavy atom. The summed E-state index contributed by atoms with van der Waals surface area (Å²) >= 11 is 1.50. The number of carbonyl (C=O) groups excluding carboxylic acids is 1. The molecule has 0 aromatic carbocycles. The fourth-order valence-corrected chi connectivity index (χ4v) is 4.28. The SMILES string of the molecule is O=C(O)C(F)(F)F.O=C(c1cccs1)N1C[C@@H]2COC[C@]2(COCc2ccccn2)C1. The number of alkyl halides is 3. The third-order valence-electron chi connectivity index (χ3n) is 5.15. The Balaban J connectivity index is 0.000000339. The number of aliphatic carboxylic acids is 1. The van der Waals surface area contributed by atoms with Crippen molar-refractivity contribution >= 4 is 23.2 Å². The predicted octanol–water partition coefficient (Wildman–Crippen LogP) is 3.08. The van der Waals surface area contributed by atoms with Gasteiger partial charge in [0.2, 0.25) is 0 Å². The van der Waals surface area contributed by atoms with Gasteiger partial charge in [-0.2, -0.15) is 13.2 Å². The van der Waals surface area contributed by atoms with Crippen molar-refractivity contribution in [3.05, 3.63) is 52.5 Å². The smallest absolute Gasteiger partial charge is 0.475 e. The first-order valence-electron chi connectivity index (χ1n) is 9.39. The molecule has 0 unspecified atom stereocenters. The van der Waals surface area contributed by atoms with E-state index in [4.69, 9.17) is 19.4 Å². The van der Waals surface area contributed by atoms with Crippen LogP contribution in [0.1, 0.15) is 15.4 Å². The van der Waals surface area contributed by atoms with Crippen LogP contribution in [0.2, 0.25) is 0 Å². The fraction of sp³-hybridized carbons (Fsp3) is 0.450. The summed E-state index contributed by atoms with van der Waals surface area (Å²) in [6, 6.07) is 9.63. The molecule has 0 saturated carbocycles. The molecular weight excluding hydrogens is 437 g/mol. The highest BCUT2D eigenvalue weighted by Gasteiger charge is 2.52. The van der Waals surface area contributed by atoms with E-state index < -0.39 is 12.1 Å². The molecule has 2 atom stereocenters. The number of aromatic nitrogens is 1. The Kier molecular flexibility index (Phi) is 7.29. The van der Waals surface area contributed by atoms with E-state index in [1.807, 2.05) is 40.6 Å². The third-order valence-corrected chi connectivity index (χ3v) is 6.01. The zero-order valence-corrected chi connectivity index (χ0v) is 17.2. The molecule has 2 saturated heterocycles. The second-order valence-corrected chi connectivity index (χ2v) is 8.30. The van der Waals surface area contributed by atoms with Gasteiger partial charge in [-0.1, -0.05) is 12.1 Å². The zero-order valence-electron chi connectivity index (χ0n) is 16.4. The number of halogens is 3. The summed E-state index contributed by atoms with van der Waals surface area (Å²) in [6.07, 6.45) is -3.31. The number of nitrogens with zero attached hydrogens (tertiary/aromatic N) is 2. The molecule has 2 aliphatic rings. The summed E-state index contributed by atoms with van der Waals surface area (Å²) in [5.74, 6) is -2.28. The Bertz CT molecular complexity index is 879. The topological polar surface area (TPSA) is 89.0 Å². The number of fused-ring (bicyclic) bond motifs is 1. The number of amides is 1. The number of likely N-dealkylation sites (tertiary alicyclic amines) is 1. The molecule has 168 valence electrons. The zero-order chi connectivity index (χ0) is 22.5. The minimum Gasteiger partial charge on any atom is -0.475 e. The Labute approximate surface area is 180 Å². The summed E-state index contributed by atoms with van der Waals surface area (Å²) in [7, 11) is 0. The number of ether oxygens (including phenoxy) is 2. The van der Waals surface area contributed by atoms with Crippen LogP contribution in [-0.4, -0.2) is 66.0 Å². The average molecular weight is 458 g/mol. The number of rotatable bonds is 5. The lowest BCUT2D eigenvalue weighted by molar-refractivity contribution is -0.192. The van der Waals surface area contributed by atoms with Gasteiger partial charge in [0.1, 0.15) is 0 Å². The van der Waals surface area contributed by atoms with Gasteiger partial charge in [0.25, 0.3) is 5.91 Å². The summed E-state index contributed by atoms with van der Waals surface area (Å²) in [6.45, 7) is 3.92. The largest absolute Gasteiger partial charge is 0.490 e. The van der Waals surface area contributed by atoms with Gasteiger partial charge in [0, 0.05) is 30.6 Å². The maximum atomic E-state index is 12.6. The van der Waals surface area contributed by atoms with E-state index in [-0.39, 0.29) is 11.3 Å². The number of carboxylic acids is 1. The Hall–Kier alpha value is -2.50. The molecule has 2 aromatic rings. The summed E-state index contributed by atoms with van der Waals surface area (Å²) in [5, 5.41) is 9.07. The molecule has 31 heavy (non-hydrogen) atoms. The van der Waals surface area contributed by atoms with Crippen LogP contribution in [0.25, 0.3) is 0 Å². The van der Waals surface area contributed by atoms with Crippen molar-refractivity contribution < 1.29 is 37.3 Å². The lowest BCUT2D eigenvalue weighted by Crippen LogP contribution is -2.37. The van der Waals surface area contributed by atoms with Crippen LogP contribution in [0.3, 0.4) is 0 Å². The van der Waals surface area contributed by atoms with E-state index in [1.165, 1.54) is 11.3 Å². The lowest BCUT2D eigenvalue weighted by atomic mass is 9.82. The number of carboxylic acid groups (broad SMARTS) is 1. The van der Waals surface area contributed by atoms with Crippen LogP contribution in [0.15, 0.2) is 41.9 Å². The monoisotopic (exact) mass is 458 g/mol. The number of hydrogen-bond donors (Lipinski definition) is 1. The first-order valence-corrected chi connectivity index (χ1v) is 10.3. The molecule has 1 N–H and O–H groups in total. The van der Waals surface area contributed by atoms with Crippen molar-refractivity contribution in [1.82, 2.24) is 9.88 Å². The van der Waals surface area contributed by atoms with Gasteiger partial charge in [-0.3, -0.25) is 9.78 Å². The summed E-state index contributed by atoms with van der Waals surface area (Å²) in [5.41, 5.74) is 0.843. The van der Waals surface area contributed by atoms with E-state index >= 15 is 0 Å². The lowest BCUT2D eigenvalue weighted by Gasteiger charge is -2.26. The Morgan fingerprint density at radius 2 is 2.10 bits per heavy atom. The van der Waals surface area contributed by atoms with Crippen LogP contribution in [0.5, 0.6) is 0 Å². The highest BCUT2D eigenvalue weighted by molar-refractivity contribution is 7.12. The van der Waals surface area contributed by atoms with E-state index in [9.17, 15) is 18.0 Å². The molecule has 0 aliphatic carbocycles. The highest BCUT2D eigenvalue weighted by atomic mass is 32.1. The average Bonchev–Trinajstić information content (AvgIpc) is 3.44. The fourth-order valence-electron chi connectivity index (χ4n) is 3.59. The molecular formula is C20H21F3N2O5S. The van der Waals surface area contributed by atoms with Crippen molar-refractivity contribution in [2.75, 3.05) is 32.9 Å². The highest BCUT2D eigenvalue weighted by Crippen LogP contribution is 2.42. The second kappa shape index (κ2) is 9.75. The van der Waals surface area contributed by atoms with Crippen molar-refractivity contribution in [1.29, 1.82) is 0 Å². The van der Waals surface area contributed by atoms with Crippen LogP contribution in [0, 0.1) is 11.3 Å². The van der Waals surface area contributed by atoms with Gasteiger partial charge >= 0.3 is 12.1 Å². The number of hydrogen-bond acceptors (Lipinski definition) is 6. The van der Waals surface area contributed by atoms with Gasteiger partial charge in [0.05, 0.1) is 37.0 Å². The number of pyridine rings is 1. The first-order chi connectivity index (χ1) is 14.7. The molecule has 0 bridgehead atoms. The summed E-state index contributed by atoms with van der Waals surface area (Å²) < 4.78 is 43.4. The van der Waals surface area contributed by atoms with Crippen molar-refractivity contribution in [3.63, 3.8) is 0 Å². The first kappa shape index (κ1) is 23.2. The van der Waals surface area contributed by atoms with Crippen LogP contribution in [-0.2, 0) is 20.9 Å². The molecule has 1 amide bonds. The minimum atomic E-state index is -5.08. The maximum absolute atomic E-state index is 12.6. The van der Waals surface area contributed by atoms with E-state index in [1.54, 1.807) is 6.20 Å². The van der Waals surface area contributed by atoms with E-state index in [2.05, 4.69) is 4.98 Å². The normalized spacial score (nSPS) is 22.5. The van der Waals surface area contributed by atoms with Gasteiger partial charge < -0.3 is 19.5 Å². The van der Waals surface area contributed by atoms with Gasteiger partial charge in [0.15, 0.2) is 0 Å². The molecule has 2 fully saturated rings. The van der Waals surface area contributed by atoms with Crippen LogP contribution >= 0.6 is 11.3 Å². The molecule has 0 spiro atoms. The van der Waals surface area contributed by atoms with E-state index in [0.29, 0.717) is 38.9 Å². The Morgan fingerprint density at radius 3 is 2.71 bits per heavy atom. The van der Waals surface area contributed by atoms with E-state index in [0.717, 1.165) is 17.1 Å². The quantitative estimate of drug-likeness (QED) is 0.741. The molecule has 2 aliphatic heterocycles. The van der Waals surface area contributed by atoms with Crippen molar-refractivity contribution in [3.8, 4) is 0 Å². The maximum Gasteiger partial charge on any atom is 0.490 e. The second-order valence-electron chi connectivity index (χ2n) is 7.35. The predicted molar refractivity (Wildman–Crippen MR) is 105 cm³/mol. The summed E-state index contributed by atoms with van der Waals surface area (Å²) in [4.78, 5) is 28.6. The standard InChI is InChI=1S/C18H20N2O3S.C2HF3O2/c21-17(16-5-3-7-24-16)20-8-14-9-22-12-18(14,11-20)13-23-10-15-4-1-2-6-19-15;3-2(4,5)1(6)7/h1-7,14H,8-13H2;(H,6,7)/t14-,18+;/m1./s1. The van der Waals surface area contributed by atoms with Crippen LogP contribution in [0.4, 0.5) is 13.2 Å². The third kappa shape index (κ3) is 5.81. The van der Waals surface area contributed by atoms with Crippen LogP contribution < -0.4 is 0 Å². The van der Waals surface area contributed by atoms with Gasteiger partial charge in [-0.15, -0.1) is 11.3 Å². The number of thiophene rings is 1. The van der Waals surface area contributed by atoms with Crippen molar-refractivity contribution in [2.24, 2.45) is 11.3 Å². The molecule has 0 radical (unpaired) electrons.